The summed E-state index contributed by atoms with van der Waals surface area (Å²) in [4.78, 5) is 28.9. The molecule has 0 atom stereocenters. The van der Waals surface area contributed by atoms with Gasteiger partial charge in [-0.15, -0.1) is 5.10 Å². The lowest BCUT2D eigenvalue weighted by Crippen LogP contribution is -2.21. The van der Waals surface area contributed by atoms with Crippen LogP contribution < -0.4 is 15.7 Å². The van der Waals surface area contributed by atoms with E-state index in [1.54, 1.807) is 60.9 Å². The fourth-order valence-corrected chi connectivity index (χ4v) is 3.59. The third-order valence-corrected chi connectivity index (χ3v) is 5.26. The summed E-state index contributed by atoms with van der Waals surface area (Å²) in [7, 11) is 0. The Bertz CT molecular complexity index is 1630. The molecule has 3 aromatic heterocycles. The summed E-state index contributed by atoms with van der Waals surface area (Å²) in [6.45, 7) is 0.257. The Hall–Kier alpha value is -5.05. The average Bonchev–Trinajstić information content (AvgIpc) is 3.20. The predicted octanol–water partition coefficient (Wildman–Crippen LogP) is 4.52. The molecule has 0 aliphatic heterocycles. The Morgan fingerprint density at radius 3 is 2.78 bits per heavy atom. The smallest absolute Gasteiger partial charge is 0.350 e. The van der Waals surface area contributed by atoms with Crippen LogP contribution in [-0.4, -0.2) is 25.1 Å². The van der Waals surface area contributed by atoms with Gasteiger partial charge in [-0.05, 0) is 65.7 Å². The van der Waals surface area contributed by atoms with Crippen molar-refractivity contribution in [2.24, 2.45) is 0 Å². The Labute approximate surface area is 204 Å². The molecule has 5 rings (SSSR count). The number of carbonyl (C=O) groups is 1. The lowest BCUT2D eigenvalue weighted by Gasteiger charge is -2.07. The fraction of sp³-hybridized carbons (Fsp3) is 0.0370. The number of benzene rings is 2. The summed E-state index contributed by atoms with van der Waals surface area (Å²) in [5.41, 5.74) is 2.18. The minimum Gasteiger partial charge on any atom is -0.453 e. The molecule has 0 aliphatic carbocycles. The molecule has 0 aliphatic rings. The summed E-state index contributed by atoms with van der Waals surface area (Å²) < 4.78 is 22.7. The third-order valence-electron chi connectivity index (χ3n) is 5.26. The van der Waals surface area contributed by atoms with Crippen LogP contribution in [0, 0.1) is 5.82 Å². The van der Waals surface area contributed by atoms with Gasteiger partial charge in [0, 0.05) is 24.2 Å². The molecule has 0 unspecified atom stereocenters. The van der Waals surface area contributed by atoms with Gasteiger partial charge in [0.25, 0.3) is 0 Å². The van der Waals surface area contributed by atoms with Crippen molar-refractivity contribution < 1.29 is 13.9 Å². The Morgan fingerprint density at radius 1 is 1.06 bits per heavy atom. The summed E-state index contributed by atoms with van der Waals surface area (Å²) in [5, 5.41) is 7.10. The van der Waals surface area contributed by atoms with E-state index in [-0.39, 0.29) is 23.9 Å². The topological polar surface area (TPSA) is 90.5 Å². The largest absolute Gasteiger partial charge is 0.453 e. The van der Waals surface area contributed by atoms with Crippen molar-refractivity contribution in [3.05, 3.63) is 125 Å². The number of anilines is 1. The second-order valence-electron chi connectivity index (χ2n) is 7.87. The van der Waals surface area contributed by atoms with E-state index in [1.807, 2.05) is 12.1 Å². The van der Waals surface area contributed by atoms with Crippen molar-refractivity contribution in [3.8, 4) is 11.5 Å². The Morgan fingerprint density at radius 2 is 1.97 bits per heavy atom. The monoisotopic (exact) mass is 481 g/mol. The van der Waals surface area contributed by atoms with Crippen molar-refractivity contribution >= 4 is 23.3 Å². The van der Waals surface area contributed by atoms with Crippen molar-refractivity contribution in [1.82, 2.24) is 19.2 Å². The van der Waals surface area contributed by atoms with E-state index in [2.05, 4.69) is 15.4 Å². The molecule has 0 saturated heterocycles. The van der Waals surface area contributed by atoms with E-state index < -0.39 is 5.82 Å². The van der Waals surface area contributed by atoms with Crippen LogP contribution in [0.2, 0.25) is 0 Å². The molecule has 1 amide bonds. The number of nitrogens with zero attached hydrogens (tertiary/aromatic N) is 4. The standard InChI is InChI=1S/C27H20FN5O3/c28-23-16-19(9-11-24(23)36-22-7-4-13-29-17-22)10-12-26(34)30-21-6-3-5-20(15-21)18-33-27(35)32-14-2-1-8-25(32)31-33/h1-17H,18H2,(H,30,34)/b12-10+. The van der Waals surface area contributed by atoms with E-state index in [0.29, 0.717) is 22.6 Å². The van der Waals surface area contributed by atoms with Gasteiger partial charge in [0.2, 0.25) is 5.91 Å². The Balaban J connectivity index is 1.23. The lowest BCUT2D eigenvalue weighted by atomic mass is 10.2. The van der Waals surface area contributed by atoms with E-state index >= 15 is 0 Å². The molecule has 0 bridgehead atoms. The van der Waals surface area contributed by atoms with Crippen LogP contribution in [0.15, 0.2) is 102 Å². The molecule has 9 heteroatoms. The normalized spacial score (nSPS) is 11.1. The first kappa shape index (κ1) is 22.7. The number of rotatable bonds is 7. The molecular formula is C27H20FN5O3. The Kier molecular flexibility index (Phi) is 6.35. The molecule has 0 spiro atoms. The second-order valence-corrected chi connectivity index (χ2v) is 7.87. The van der Waals surface area contributed by atoms with Gasteiger partial charge in [0.15, 0.2) is 17.2 Å². The lowest BCUT2D eigenvalue weighted by molar-refractivity contribution is -0.111. The number of pyridine rings is 2. The SMILES string of the molecule is O=C(/C=C/c1ccc(Oc2cccnc2)c(F)c1)Nc1cccc(Cn2nc3ccccn3c2=O)c1. The number of aromatic nitrogens is 4. The van der Waals surface area contributed by atoms with Gasteiger partial charge in [-0.2, -0.15) is 0 Å². The minimum atomic E-state index is -0.559. The maximum atomic E-state index is 14.4. The number of hydrogen-bond acceptors (Lipinski definition) is 5. The predicted molar refractivity (Wildman–Crippen MR) is 133 cm³/mol. The van der Waals surface area contributed by atoms with Crippen LogP contribution >= 0.6 is 0 Å². The van der Waals surface area contributed by atoms with E-state index in [0.717, 1.165) is 5.56 Å². The molecule has 0 saturated carbocycles. The molecule has 178 valence electrons. The van der Waals surface area contributed by atoms with E-state index in [9.17, 15) is 14.0 Å². The van der Waals surface area contributed by atoms with Crippen molar-refractivity contribution in [1.29, 1.82) is 0 Å². The highest BCUT2D eigenvalue weighted by atomic mass is 19.1. The highest BCUT2D eigenvalue weighted by molar-refractivity contribution is 6.01. The second kappa shape index (κ2) is 10.1. The van der Waals surface area contributed by atoms with Crippen LogP contribution in [0.4, 0.5) is 10.1 Å². The molecule has 0 radical (unpaired) electrons. The summed E-state index contributed by atoms with van der Waals surface area (Å²) in [6.07, 6.45) is 7.57. The van der Waals surface area contributed by atoms with Gasteiger partial charge < -0.3 is 10.1 Å². The highest BCUT2D eigenvalue weighted by Crippen LogP contribution is 2.25. The van der Waals surface area contributed by atoms with Crippen molar-refractivity contribution in [3.63, 3.8) is 0 Å². The molecule has 8 nitrogen and oxygen atoms in total. The maximum absolute atomic E-state index is 14.4. The van der Waals surface area contributed by atoms with Crippen LogP contribution in [0.1, 0.15) is 11.1 Å². The summed E-state index contributed by atoms with van der Waals surface area (Å²) in [6, 6.07) is 20.3. The van der Waals surface area contributed by atoms with Gasteiger partial charge in [-0.3, -0.25) is 14.2 Å². The van der Waals surface area contributed by atoms with E-state index in [4.69, 9.17) is 4.74 Å². The number of nitrogens with one attached hydrogen (secondary N) is 1. The van der Waals surface area contributed by atoms with E-state index in [1.165, 1.54) is 39.6 Å². The van der Waals surface area contributed by atoms with Crippen LogP contribution in [0.3, 0.4) is 0 Å². The molecule has 36 heavy (non-hydrogen) atoms. The quantitative estimate of drug-likeness (QED) is 0.345. The molecule has 3 heterocycles. The zero-order valence-electron chi connectivity index (χ0n) is 18.9. The van der Waals surface area contributed by atoms with Gasteiger partial charge in [-0.25, -0.2) is 13.9 Å². The summed E-state index contributed by atoms with van der Waals surface area (Å²) >= 11 is 0. The van der Waals surface area contributed by atoms with Gasteiger partial charge in [0.05, 0.1) is 12.7 Å². The molecular weight excluding hydrogens is 461 g/mol. The maximum Gasteiger partial charge on any atom is 0.350 e. The first-order chi connectivity index (χ1) is 17.5. The number of fused-ring (bicyclic) bond motifs is 1. The van der Waals surface area contributed by atoms with Gasteiger partial charge in [-0.1, -0.05) is 24.3 Å². The molecule has 1 N–H and O–H groups in total. The summed E-state index contributed by atoms with van der Waals surface area (Å²) in [5.74, 6) is -0.456. The molecule has 2 aromatic carbocycles. The van der Waals surface area contributed by atoms with Gasteiger partial charge in [0.1, 0.15) is 5.75 Å². The third kappa shape index (κ3) is 5.20. The molecule has 0 fully saturated rings. The van der Waals surface area contributed by atoms with Crippen molar-refractivity contribution in [2.75, 3.05) is 5.32 Å². The first-order valence-corrected chi connectivity index (χ1v) is 11.0. The fourth-order valence-electron chi connectivity index (χ4n) is 3.59. The number of hydrogen-bond donors (Lipinski definition) is 1. The minimum absolute atomic E-state index is 0.0612. The first-order valence-electron chi connectivity index (χ1n) is 11.0. The van der Waals surface area contributed by atoms with Gasteiger partial charge >= 0.3 is 5.69 Å². The van der Waals surface area contributed by atoms with Crippen LogP contribution in [0.5, 0.6) is 11.5 Å². The molecule has 5 aromatic rings. The number of halogens is 1. The van der Waals surface area contributed by atoms with Crippen LogP contribution in [0.25, 0.3) is 11.7 Å². The van der Waals surface area contributed by atoms with Crippen LogP contribution in [-0.2, 0) is 11.3 Å². The average molecular weight is 481 g/mol. The number of amides is 1. The number of ether oxygens (including phenoxy) is 1. The number of carbonyl (C=O) groups excluding carboxylic acids is 1. The zero-order valence-corrected chi connectivity index (χ0v) is 18.9. The van der Waals surface area contributed by atoms with Crippen molar-refractivity contribution in [2.45, 2.75) is 6.54 Å². The highest BCUT2D eigenvalue weighted by Gasteiger charge is 2.08. The zero-order chi connectivity index (χ0) is 24.9.